The van der Waals surface area contributed by atoms with E-state index in [0.29, 0.717) is 17.8 Å². The summed E-state index contributed by atoms with van der Waals surface area (Å²) in [6, 6.07) is 9.62. The highest BCUT2D eigenvalue weighted by Gasteiger charge is 2.33. The largest absolute Gasteiger partial charge is 0.459 e. The molecule has 25 heavy (non-hydrogen) atoms. The number of likely N-dealkylation sites (N-methyl/N-ethyl adjacent to an activating group) is 1. The summed E-state index contributed by atoms with van der Waals surface area (Å²) in [6.45, 7) is 2.73. The Balaban J connectivity index is 1.69. The molecule has 0 spiro atoms. The maximum atomic E-state index is 11.9. The number of ether oxygens (including phenoxy) is 1. The minimum atomic E-state index is -0.862. The van der Waals surface area contributed by atoms with Crippen LogP contribution in [0, 0.1) is 0 Å². The SMILES string of the molecule is CCN1C(=O)COCC1C(O)c1ccc(NC(=O)c2ccco2)cc1. The fourth-order valence-electron chi connectivity index (χ4n) is 2.88. The fraction of sp³-hybridized carbons (Fsp3) is 0.333. The van der Waals surface area contributed by atoms with Crippen molar-refractivity contribution in [3.05, 3.63) is 54.0 Å². The zero-order valence-corrected chi connectivity index (χ0v) is 13.8. The number of anilines is 1. The number of carbonyl (C=O) groups is 2. The van der Waals surface area contributed by atoms with E-state index in [4.69, 9.17) is 9.15 Å². The van der Waals surface area contributed by atoms with Gasteiger partial charge in [-0.25, -0.2) is 0 Å². The van der Waals surface area contributed by atoms with Crippen LogP contribution in [0.4, 0.5) is 5.69 Å². The average Bonchev–Trinajstić information content (AvgIpc) is 3.16. The summed E-state index contributed by atoms with van der Waals surface area (Å²) in [4.78, 5) is 25.5. The lowest BCUT2D eigenvalue weighted by molar-refractivity contribution is -0.153. The van der Waals surface area contributed by atoms with Gasteiger partial charge in [0.25, 0.3) is 5.91 Å². The van der Waals surface area contributed by atoms with E-state index >= 15 is 0 Å². The van der Waals surface area contributed by atoms with Crippen molar-refractivity contribution in [1.82, 2.24) is 4.90 Å². The molecule has 1 aliphatic rings. The molecule has 2 amide bonds. The first kappa shape index (κ1) is 17.2. The van der Waals surface area contributed by atoms with E-state index in [1.807, 2.05) is 6.92 Å². The van der Waals surface area contributed by atoms with Gasteiger partial charge in [-0.2, -0.15) is 0 Å². The Bertz CT molecular complexity index is 726. The van der Waals surface area contributed by atoms with Gasteiger partial charge in [-0.3, -0.25) is 9.59 Å². The molecule has 3 rings (SSSR count). The Labute approximate surface area is 145 Å². The first-order valence-electron chi connectivity index (χ1n) is 8.10. The van der Waals surface area contributed by atoms with Gasteiger partial charge in [0.15, 0.2) is 5.76 Å². The Morgan fingerprint density at radius 3 is 2.76 bits per heavy atom. The second kappa shape index (κ2) is 7.50. The van der Waals surface area contributed by atoms with Crippen LogP contribution in [-0.4, -0.2) is 47.6 Å². The van der Waals surface area contributed by atoms with Crippen LogP contribution in [0.15, 0.2) is 47.1 Å². The van der Waals surface area contributed by atoms with Crippen LogP contribution in [0.1, 0.15) is 29.1 Å². The molecule has 0 aliphatic carbocycles. The number of hydrogen-bond donors (Lipinski definition) is 2. The minimum Gasteiger partial charge on any atom is -0.459 e. The smallest absolute Gasteiger partial charge is 0.291 e. The van der Waals surface area contributed by atoms with E-state index in [2.05, 4.69) is 5.32 Å². The molecule has 1 aliphatic heterocycles. The van der Waals surface area contributed by atoms with Gasteiger partial charge in [0, 0.05) is 12.2 Å². The van der Waals surface area contributed by atoms with Crippen LogP contribution in [0.3, 0.4) is 0 Å². The third-order valence-corrected chi connectivity index (χ3v) is 4.20. The number of rotatable bonds is 5. The van der Waals surface area contributed by atoms with Gasteiger partial charge in [0.05, 0.1) is 18.9 Å². The number of nitrogens with one attached hydrogen (secondary N) is 1. The minimum absolute atomic E-state index is 0.0504. The van der Waals surface area contributed by atoms with Crippen molar-refractivity contribution >= 4 is 17.5 Å². The number of aliphatic hydroxyl groups excluding tert-OH is 1. The maximum absolute atomic E-state index is 11.9. The van der Waals surface area contributed by atoms with Gasteiger partial charge in [-0.05, 0) is 36.8 Å². The zero-order valence-electron chi connectivity index (χ0n) is 13.8. The van der Waals surface area contributed by atoms with Gasteiger partial charge < -0.3 is 24.5 Å². The first-order valence-corrected chi connectivity index (χ1v) is 8.10. The first-order chi connectivity index (χ1) is 12.1. The van der Waals surface area contributed by atoms with E-state index in [1.54, 1.807) is 41.3 Å². The molecule has 2 atom stereocenters. The summed E-state index contributed by atoms with van der Waals surface area (Å²) < 4.78 is 10.3. The second-order valence-corrected chi connectivity index (χ2v) is 5.76. The second-order valence-electron chi connectivity index (χ2n) is 5.76. The van der Waals surface area contributed by atoms with Crippen molar-refractivity contribution in [3.63, 3.8) is 0 Å². The zero-order chi connectivity index (χ0) is 17.8. The lowest BCUT2D eigenvalue weighted by atomic mass is 10.00. The Hall–Kier alpha value is -2.64. The van der Waals surface area contributed by atoms with E-state index in [0.717, 1.165) is 0 Å². The highest BCUT2D eigenvalue weighted by molar-refractivity contribution is 6.02. The molecule has 132 valence electrons. The highest BCUT2D eigenvalue weighted by atomic mass is 16.5. The number of nitrogens with zero attached hydrogens (tertiary/aromatic N) is 1. The number of hydrogen-bond acceptors (Lipinski definition) is 5. The molecule has 1 aromatic heterocycles. The lowest BCUT2D eigenvalue weighted by Gasteiger charge is -2.37. The summed E-state index contributed by atoms with van der Waals surface area (Å²) in [7, 11) is 0. The number of morpholine rings is 1. The van der Waals surface area contributed by atoms with Crippen LogP contribution in [0.2, 0.25) is 0 Å². The Morgan fingerprint density at radius 1 is 1.36 bits per heavy atom. The molecule has 2 unspecified atom stereocenters. The van der Waals surface area contributed by atoms with Gasteiger partial charge in [-0.1, -0.05) is 12.1 Å². The van der Waals surface area contributed by atoms with Crippen molar-refractivity contribution in [2.45, 2.75) is 19.1 Å². The summed E-state index contributed by atoms with van der Waals surface area (Å²) >= 11 is 0. The maximum Gasteiger partial charge on any atom is 0.291 e. The number of amides is 2. The summed E-state index contributed by atoms with van der Waals surface area (Å²) in [6.07, 6.45) is 0.570. The molecule has 0 saturated carbocycles. The van der Waals surface area contributed by atoms with Gasteiger partial charge in [0.2, 0.25) is 5.91 Å². The molecule has 2 aromatic rings. The lowest BCUT2D eigenvalue weighted by Crippen LogP contribution is -2.51. The summed E-state index contributed by atoms with van der Waals surface area (Å²) in [5, 5.41) is 13.3. The third kappa shape index (κ3) is 3.72. The van der Waals surface area contributed by atoms with Crippen molar-refractivity contribution in [2.24, 2.45) is 0 Å². The van der Waals surface area contributed by atoms with Crippen LogP contribution in [0.5, 0.6) is 0 Å². The molecule has 7 nitrogen and oxygen atoms in total. The number of carbonyl (C=O) groups excluding carboxylic acids is 2. The molecule has 0 radical (unpaired) electrons. The molecular weight excluding hydrogens is 324 g/mol. The van der Waals surface area contributed by atoms with E-state index < -0.39 is 12.1 Å². The van der Waals surface area contributed by atoms with Crippen LogP contribution in [0.25, 0.3) is 0 Å². The van der Waals surface area contributed by atoms with Crippen LogP contribution in [-0.2, 0) is 9.53 Å². The Morgan fingerprint density at radius 2 is 2.12 bits per heavy atom. The van der Waals surface area contributed by atoms with E-state index in [9.17, 15) is 14.7 Å². The normalized spacial score (nSPS) is 18.9. The van der Waals surface area contributed by atoms with Gasteiger partial charge >= 0.3 is 0 Å². The molecule has 1 saturated heterocycles. The molecule has 7 heteroatoms. The molecular formula is C18H20N2O5. The van der Waals surface area contributed by atoms with Crippen molar-refractivity contribution in [1.29, 1.82) is 0 Å². The van der Waals surface area contributed by atoms with Crippen molar-refractivity contribution in [3.8, 4) is 0 Å². The Kier molecular flexibility index (Phi) is 5.16. The van der Waals surface area contributed by atoms with Crippen LogP contribution >= 0.6 is 0 Å². The molecule has 1 fully saturated rings. The van der Waals surface area contributed by atoms with Crippen molar-refractivity contribution < 1.29 is 23.8 Å². The predicted octanol–water partition coefficient (Wildman–Crippen LogP) is 1.81. The molecule has 2 heterocycles. The van der Waals surface area contributed by atoms with E-state index in [-0.39, 0.29) is 30.8 Å². The highest BCUT2D eigenvalue weighted by Crippen LogP contribution is 2.25. The summed E-state index contributed by atoms with van der Waals surface area (Å²) in [5.74, 6) is -0.248. The van der Waals surface area contributed by atoms with E-state index in [1.165, 1.54) is 6.26 Å². The molecule has 2 N–H and O–H groups in total. The quantitative estimate of drug-likeness (QED) is 0.863. The fourth-order valence-corrected chi connectivity index (χ4v) is 2.88. The topological polar surface area (TPSA) is 92.0 Å². The standard InChI is InChI=1S/C18H20N2O5/c1-2-20-14(10-24-11-16(20)21)17(22)12-5-7-13(8-6-12)19-18(23)15-4-3-9-25-15/h3-9,14,17,22H,2,10-11H2,1H3,(H,19,23). The van der Waals surface area contributed by atoms with Crippen LogP contribution < -0.4 is 5.32 Å². The number of benzene rings is 1. The predicted molar refractivity (Wildman–Crippen MR) is 90.1 cm³/mol. The van der Waals surface area contributed by atoms with Gasteiger partial charge in [0.1, 0.15) is 12.7 Å². The molecule has 1 aromatic carbocycles. The summed E-state index contributed by atoms with van der Waals surface area (Å²) in [5.41, 5.74) is 1.23. The molecule has 0 bridgehead atoms. The van der Waals surface area contributed by atoms with Gasteiger partial charge in [-0.15, -0.1) is 0 Å². The van der Waals surface area contributed by atoms with Crippen molar-refractivity contribution in [2.75, 3.05) is 25.1 Å². The number of aliphatic hydroxyl groups is 1. The monoisotopic (exact) mass is 344 g/mol. The average molecular weight is 344 g/mol. The number of furan rings is 1. The third-order valence-electron chi connectivity index (χ3n) is 4.20.